The monoisotopic (exact) mass is 196 g/mol. The maximum atomic E-state index is 4.15. The molecule has 0 saturated carbocycles. The Morgan fingerprint density at radius 1 is 1.36 bits per heavy atom. The molecule has 0 fully saturated rings. The van der Waals surface area contributed by atoms with Gasteiger partial charge in [-0.15, -0.1) is 0 Å². The second-order valence-corrected chi connectivity index (χ2v) is 3.51. The highest BCUT2D eigenvalue weighted by molar-refractivity contribution is 5.01. The van der Waals surface area contributed by atoms with E-state index in [4.69, 9.17) is 0 Å². The van der Waals surface area contributed by atoms with E-state index < -0.39 is 0 Å². The number of aromatic amines is 1. The smallest absolute Gasteiger partial charge is 0.0996 e. The fourth-order valence-electron chi connectivity index (χ4n) is 1.85. The van der Waals surface area contributed by atoms with Crippen molar-refractivity contribution in [3.05, 3.63) is 11.9 Å². The molecule has 0 spiro atoms. The molecular formula is C10H20N4. The van der Waals surface area contributed by atoms with Gasteiger partial charge in [0.05, 0.1) is 17.9 Å². The maximum absolute atomic E-state index is 4.15. The first-order chi connectivity index (χ1) is 6.83. The summed E-state index contributed by atoms with van der Waals surface area (Å²) in [6.07, 6.45) is 4.15. The van der Waals surface area contributed by atoms with Gasteiger partial charge in [-0.3, -0.25) is 0 Å². The lowest BCUT2D eigenvalue weighted by Gasteiger charge is -2.23. The third-order valence-electron chi connectivity index (χ3n) is 2.70. The van der Waals surface area contributed by atoms with Crippen LogP contribution in [0.2, 0.25) is 0 Å². The molecule has 1 unspecified atom stereocenters. The van der Waals surface area contributed by atoms with Crippen LogP contribution in [0.25, 0.3) is 0 Å². The zero-order valence-corrected chi connectivity index (χ0v) is 9.25. The lowest BCUT2D eigenvalue weighted by Crippen LogP contribution is -2.28. The molecule has 0 aliphatic heterocycles. The molecule has 0 aliphatic rings. The number of nitrogens with zero attached hydrogens (tertiary/aromatic N) is 2. The van der Waals surface area contributed by atoms with E-state index in [2.05, 4.69) is 41.5 Å². The molecule has 0 aromatic carbocycles. The van der Waals surface area contributed by atoms with Crippen molar-refractivity contribution < 1.29 is 0 Å². The van der Waals surface area contributed by atoms with Crippen LogP contribution in [0.15, 0.2) is 6.20 Å². The van der Waals surface area contributed by atoms with Crippen molar-refractivity contribution in [2.45, 2.75) is 39.7 Å². The van der Waals surface area contributed by atoms with Gasteiger partial charge in [0.15, 0.2) is 0 Å². The van der Waals surface area contributed by atoms with E-state index in [0.717, 1.165) is 12.2 Å². The first-order valence-corrected chi connectivity index (χ1v) is 5.42. The zero-order valence-electron chi connectivity index (χ0n) is 9.25. The van der Waals surface area contributed by atoms with Crippen LogP contribution in [-0.2, 0) is 0 Å². The summed E-state index contributed by atoms with van der Waals surface area (Å²) in [5.41, 5.74) is 1.03. The fourth-order valence-corrected chi connectivity index (χ4v) is 1.85. The molecule has 0 saturated heterocycles. The molecule has 2 N–H and O–H groups in total. The van der Waals surface area contributed by atoms with Crippen LogP contribution in [0.1, 0.15) is 45.3 Å². The van der Waals surface area contributed by atoms with Gasteiger partial charge in [0.25, 0.3) is 0 Å². The van der Waals surface area contributed by atoms with Crippen molar-refractivity contribution in [1.82, 2.24) is 20.7 Å². The van der Waals surface area contributed by atoms with Crippen LogP contribution in [0.3, 0.4) is 0 Å². The number of aromatic nitrogens is 3. The van der Waals surface area contributed by atoms with E-state index in [1.165, 1.54) is 12.8 Å². The molecule has 0 radical (unpaired) electrons. The van der Waals surface area contributed by atoms with E-state index in [-0.39, 0.29) is 0 Å². The summed E-state index contributed by atoms with van der Waals surface area (Å²) in [4.78, 5) is 0. The zero-order chi connectivity index (χ0) is 10.4. The summed E-state index contributed by atoms with van der Waals surface area (Å²) in [7, 11) is 0. The summed E-state index contributed by atoms with van der Waals surface area (Å²) in [6.45, 7) is 7.53. The van der Waals surface area contributed by atoms with Gasteiger partial charge < -0.3 is 5.32 Å². The molecule has 0 aliphatic carbocycles. The fraction of sp³-hybridized carbons (Fsp3) is 0.800. The average molecular weight is 196 g/mol. The van der Waals surface area contributed by atoms with E-state index in [1.54, 1.807) is 0 Å². The minimum absolute atomic E-state index is 0.341. The largest absolute Gasteiger partial charge is 0.309 e. The molecule has 80 valence electrons. The number of hydrogen-bond donors (Lipinski definition) is 2. The number of H-pyrrole nitrogens is 1. The van der Waals surface area contributed by atoms with Crippen LogP contribution in [0.4, 0.5) is 0 Å². The summed E-state index contributed by atoms with van der Waals surface area (Å²) in [5, 5.41) is 14.1. The first kappa shape index (κ1) is 11.2. The number of rotatable bonds is 6. The second-order valence-electron chi connectivity index (χ2n) is 3.51. The Labute approximate surface area is 85.5 Å². The van der Waals surface area contributed by atoms with Gasteiger partial charge in [-0.1, -0.05) is 33.6 Å². The lowest BCUT2D eigenvalue weighted by molar-refractivity contribution is 0.340. The van der Waals surface area contributed by atoms with Crippen molar-refractivity contribution in [2.75, 3.05) is 6.54 Å². The molecule has 4 nitrogen and oxygen atoms in total. The third kappa shape index (κ3) is 2.54. The Morgan fingerprint density at radius 2 is 2.07 bits per heavy atom. The predicted molar refractivity (Wildman–Crippen MR) is 56.9 cm³/mol. The standard InChI is InChI=1S/C10H20N4/c1-4-8(5-2)10(11-6-3)9-7-12-14-13-9/h7-8,10-11H,4-6H2,1-3H3,(H,12,13,14). The van der Waals surface area contributed by atoms with Crippen LogP contribution in [0.5, 0.6) is 0 Å². The first-order valence-electron chi connectivity index (χ1n) is 5.42. The number of nitrogens with one attached hydrogen (secondary N) is 2. The minimum Gasteiger partial charge on any atom is -0.309 e. The lowest BCUT2D eigenvalue weighted by atomic mass is 9.92. The Bertz CT molecular complexity index is 228. The van der Waals surface area contributed by atoms with Crippen LogP contribution >= 0.6 is 0 Å². The van der Waals surface area contributed by atoms with Crippen molar-refractivity contribution in [2.24, 2.45) is 5.92 Å². The normalized spacial score (nSPS) is 13.4. The SMILES string of the molecule is CCNC(c1cn[nH]n1)C(CC)CC. The predicted octanol–water partition coefficient (Wildman–Crippen LogP) is 1.89. The summed E-state index contributed by atoms with van der Waals surface area (Å²) in [6, 6.07) is 0.341. The Hall–Kier alpha value is -0.900. The highest BCUT2D eigenvalue weighted by Gasteiger charge is 2.21. The molecule has 1 rings (SSSR count). The van der Waals surface area contributed by atoms with Crippen molar-refractivity contribution in [1.29, 1.82) is 0 Å². The van der Waals surface area contributed by atoms with Gasteiger partial charge in [0.2, 0.25) is 0 Å². The quantitative estimate of drug-likeness (QED) is 0.730. The van der Waals surface area contributed by atoms with Crippen molar-refractivity contribution >= 4 is 0 Å². The molecule has 4 heteroatoms. The second kappa shape index (κ2) is 5.75. The minimum atomic E-state index is 0.341. The molecule has 1 heterocycles. The molecule has 14 heavy (non-hydrogen) atoms. The summed E-state index contributed by atoms with van der Waals surface area (Å²) in [5.74, 6) is 0.639. The summed E-state index contributed by atoms with van der Waals surface area (Å²) < 4.78 is 0. The van der Waals surface area contributed by atoms with Gasteiger partial charge >= 0.3 is 0 Å². The average Bonchev–Trinajstić information content (AvgIpc) is 2.71. The highest BCUT2D eigenvalue weighted by Crippen LogP contribution is 2.25. The van der Waals surface area contributed by atoms with Gasteiger partial charge in [-0.25, -0.2) is 0 Å². The topological polar surface area (TPSA) is 53.6 Å². The van der Waals surface area contributed by atoms with Crippen LogP contribution < -0.4 is 5.32 Å². The Morgan fingerprint density at radius 3 is 2.50 bits per heavy atom. The van der Waals surface area contributed by atoms with E-state index in [9.17, 15) is 0 Å². The van der Waals surface area contributed by atoms with Crippen molar-refractivity contribution in [3.63, 3.8) is 0 Å². The van der Waals surface area contributed by atoms with E-state index in [1.807, 2.05) is 6.20 Å². The summed E-state index contributed by atoms with van der Waals surface area (Å²) >= 11 is 0. The van der Waals surface area contributed by atoms with Gasteiger partial charge in [0, 0.05) is 0 Å². The maximum Gasteiger partial charge on any atom is 0.0996 e. The van der Waals surface area contributed by atoms with E-state index >= 15 is 0 Å². The molecular weight excluding hydrogens is 176 g/mol. The molecule has 1 aromatic rings. The molecule has 0 bridgehead atoms. The molecule has 0 amide bonds. The van der Waals surface area contributed by atoms with E-state index in [0.29, 0.717) is 12.0 Å². The molecule has 1 aromatic heterocycles. The van der Waals surface area contributed by atoms with Gasteiger partial charge in [0.1, 0.15) is 0 Å². The van der Waals surface area contributed by atoms with Crippen LogP contribution in [-0.4, -0.2) is 22.0 Å². The molecule has 1 atom stereocenters. The highest BCUT2D eigenvalue weighted by atomic mass is 15.3. The van der Waals surface area contributed by atoms with Gasteiger partial charge in [-0.05, 0) is 12.5 Å². The Kier molecular flexibility index (Phi) is 4.59. The van der Waals surface area contributed by atoms with Crippen molar-refractivity contribution in [3.8, 4) is 0 Å². The Balaban J connectivity index is 2.72. The third-order valence-corrected chi connectivity index (χ3v) is 2.70. The van der Waals surface area contributed by atoms with Crippen LogP contribution in [0, 0.1) is 5.92 Å². The number of hydrogen-bond acceptors (Lipinski definition) is 3. The van der Waals surface area contributed by atoms with Gasteiger partial charge in [-0.2, -0.15) is 15.4 Å².